The number of anilines is 1. The summed E-state index contributed by atoms with van der Waals surface area (Å²) in [4.78, 5) is 7.14. The zero-order valence-corrected chi connectivity index (χ0v) is 18.9. The number of ether oxygens (including phenoxy) is 2. The summed E-state index contributed by atoms with van der Waals surface area (Å²) in [5.41, 5.74) is 2.67. The molecule has 0 spiro atoms. The summed E-state index contributed by atoms with van der Waals surface area (Å²) in [6.07, 6.45) is 6.72. The number of likely N-dealkylation sites (N-methyl/N-ethyl adjacent to an activating group) is 1. The third-order valence-electron chi connectivity index (χ3n) is 6.30. The Bertz CT molecular complexity index is 1090. The number of likely N-dealkylation sites (tertiary alicyclic amines) is 1. The van der Waals surface area contributed by atoms with Gasteiger partial charge in [-0.25, -0.2) is 0 Å². The molecule has 1 aliphatic heterocycles. The van der Waals surface area contributed by atoms with Gasteiger partial charge in [-0.05, 0) is 63.7 Å². The Morgan fingerprint density at radius 2 is 1.94 bits per heavy atom. The third kappa shape index (κ3) is 4.54. The fraction of sp³-hybridized carbons (Fsp3) is 0.480. The van der Waals surface area contributed by atoms with Gasteiger partial charge in [0, 0.05) is 36.2 Å². The molecule has 7 heteroatoms. The molecule has 1 atom stereocenters. The first kappa shape index (κ1) is 21.1. The summed E-state index contributed by atoms with van der Waals surface area (Å²) in [6, 6.07) is 10.7. The number of nitrogens with zero attached hydrogens (tertiary/aromatic N) is 4. The van der Waals surface area contributed by atoms with Crippen LogP contribution in [-0.2, 0) is 4.74 Å². The SMILES string of the molecule is CCOCOc1cc(C2CC2)cnc1-c1nnc(NC2CCCN(C)C2)c2ccccc12. The minimum atomic E-state index is 0.194. The fourth-order valence-electron chi connectivity index (χ4n) is 4.44. The van der Waals surface area contributed by atoms with Crippen molar-refractivity contribution in [3.63, 3.8) is 0 Å². The van der Waals surface area contributed by atoms with Crippen molar-refractivity contribution in [3.8, 4) is 17.1 Å². The van der Waals surface area contributed by atoms with E-state index in [0.717, 1.165) is 41.8 Å². The second-order valence-corrected chi connectivity index (χ2v) is 8.83. The van der Waals surface area contributed by atoms with E-state index in [9.17, 15) is 0 Å². The summed E-state index contributed by atoms with van der Waals surface area (Å²) in [6.45, 7) is 4.91. The van der Waals surface area contributed by atoms with Gasteiger partial charge >= 0.3 is 0 Å². The lowest BCUT2D eigenvalue weighted by molar-refractivity contribution is 0.0225. The van der Waals surface area contributed by atoms with Gasteiger partial charge in [0.1, 0.15) is 11.4 Å². The van der Waals surface area contributed by atoms with Crippen LogP contribution in [-0.4, -0.2) is 59.7 Å². The Morgan fingerprint density at radius 3 is 2.72 bits per heavy atom. The summed E-state index contributed by atoms with van der Waals surface area (Å²) in [5, 5.41) is 14.9. The first-order chi connectivity index (χ1) is 15.7. The number of hydrogen-bond donors (Lipinski definition) is 1. The molecule has 1 saturated carbocycles. The zero-order valence-electron chi connectivity index (χ0n) is 18.9. The van der Waals surface area contributed by atoms with Crippen molar-refractivity contribution in [2.75, 3.05) is 38.9 Å². The van der Waals surface area contributed by atoms with Crippen molar-refractivity contribution < 1.29 is 9.47 Å². The Labute approximate surface area is 189 Å². The molecule has 5 rings (SSSR count). The molecular formula is C25H31N5O2. The summed E-state index contributed by atoms with van der Waals surface area (Å²) >= 11 is 0. The van der Waals surface area contributed by atoms with Crippen molar-refractivity contribution in [3.05, 3.63) is 42.1 Å². The highest BCUT2D eigenvalue weighted by atomic mass is 16.7. The van der Waals surface area contributed by atoms with Crippen LogP contribution in [0.3, 0.4) is 0 Å². The first-order valence-corrected chi connectivity index (χ1v) is 11.6. The van der Waals surface area contributed by atoms with E-state index in [1.165, 1.54) is 24.8 Å². The molecule has 2 aromatic heterocycles. The molecule has 0 radical (unpaired) electrons. The molecule has 1 aliphatic carbocycles. The highest BCUT2D eigenvalue weighted by molar-refractivity contribution is 6.00. The molecule has 32 heavy (non-hydrogen) atoms. The van der Waals surface area contributed by atoms with Crippen molar-refractivity contribution in [1.29, 1.82) is 0 Å². The summed E-state index contributed by atoms with van der Waals surface area (Å²) < 4.78 is 11.4. The third-order valence-corrected chi connectivity index (χ3v) is 6.30. The second kappa shape index (κ2) is 9.38. The lowest BCUT2D eigenvalue weighted by Gasteiger charge is -2.30. The Balaban J connectivity index is 1.51. The first-order valence-electron chi connectivity index (χ1n) is 11.6. The van der Waals surface area contributed by atoms with Gasteiger partial charge in [-0.3, -0.25) is 4.98 Å². The Hall–Kier alpha value is -2.77. The molecule has 7 nitrogen and oxygen atoms in total. The maximum Gasteiger partial charge on any atom is 0.189 e. The molecule has 1 unspecified atom stereocenters. The number of fused-ring (bicyclic) bond motifs is 1. The fourth-order valence-corrected chi connectivity index (χ4v) is 4.44. The lowest BCUT2D eigenvalue weighted by Crippen LogP contribution is -2.40. The number of piperidine rings is 1. The van der Waals surface area contributed by atoms with E-state index in [-0.39, 0.29) is 6.79 Å². The summed E-state index contributed by atoms with van der Waals surface area (Å²) in [7, 11) is 2.17. The van der Waals surface area contributed by atoms with Crippen molar-refractivity contribution >= 4 is 16.6 Å². The van der Waals surface area contributed by atoms with E-state index in [2.05, 4.69) is 45.7 Å². The number of aromatic nitrogens is 3. The standard InChI is InChI=1S/C25H31N5O2/c1-3-31-16-32-22-13-18(17-10-11-17)14-26-24(22)23-20-8-4-5-9-21(20)25(29-28-23)27-19-7-6-12-30(2)15-19/h4-5,8-9,13-14,17,19H,3,6-7,10-12,15-16H2,1-2H3,(H,27,29). The van der Waals surface area contributed by atoms with Gasteiger partial charge in [0.15, 0.2) is 18.4 Å². The number of rotatable bonds is 8. The number of nitrogens with one attached hydrogen (secondary N) is 1. The van der Waals surface area contributed by atoms with E-state index in [4.69, 9.17) is 14.5 Å². The number of benzene rings is 1. The van der Waals surface area contributed by atoms with Gasteiger partial charge in [0.2, 0.25) is 0 Å². The topological polar surface area (TPSA) is 72.4 Å². The van der Waals surface area contributed by atoms with Crippen LogP contribution in [0.5, 0.6) is 5.75 Å². The van der Waals surface area contributed by atoms with Crippen molar-refractivity contribution in [2.24, 2.45) is 0 Å². The average molecular weight is 434 g/mol. The smallest absolute Gasteiger partial charge is 0.189 e. The normalized spacial score (nSPS) is 19.2. The largest absolute Gasteiger partial charge is 0.465 e. The van der Waals surface area contributed by atoms with E-state index < -0.39 is 0 Å². The van der Waals surface area contributed by atoms with Crippen LogP contribution in [0.15, 0.2) is 36.5 Å². The Morgan fingerprint density at radius 1 is 1.09 bits per heavy atom. The van der Waals surface area contributed by atoms with Gasteiger partial charge in [-0.1, -0.05) is 24.3 Å². The summed E-state index contributed by atoms with van der Waals surface area (Å²) in [5.74, 6) is 2.13. The molecule has 3 heterocycles. The van der Waals surface area contributed by atoms with Crippen molar-refractivity contribution in [2.45, 2.75) is 44.6 Å². The maximum atomic E-state index is 5.99. The molecular weight excluding hydrogens is 402 g/mol. The lowest BCUT2D eigenvalue weighted by atomic mass is 10.0. The van der Waals surface area contributed by atoms with E-state index in [0.29, 0.717) is 30.0 Å². The van der Waals surface area contributed by atoms with Gasteiger partial charge in [0.05, 0.1) is 0 Å². The van der Waals surface area contributed by atoms with Crippen LogP contribution < -0.4 is 10.1 Å². The predicted molar refractivity (Wildman–Crippen MR) is 126 cm³/mol. The quantitative estimate of drug-likeness (QED) is 0.416. The average Bonchev–Trinajstić information content (AvgIpc) is 3.65. The van der Waals surface area contributed by atoms with E-state index in [1.54, 1.807) is 0 Å². The maximum absolute atomic E-state index is 5.99. The molecule has 1 N–H and O–H groups in total. The molecule has 3 aromatic rings. The Kier molecular flexibility index (Phi) is 6.19. The van der Waals surface area contributed by atoms with Gasteiger partial charge in [-0.15, -0.1) is 10.2 Å². The molecule has 168 valence electrons. The van der Waals surface area contributed by atoms with Crippen LogP contribution in [0.25, 0.3) is 22.2 Å². The minimum Gasteiger partial charge on any atom is -0.465 e. The monoisotopic (exact) mass is 433 g/mol. The number of pyridine rings is 1. The van der Waals surface area contributed by atoms with Crippen LogP contribution in [0, 0.1) is 0 Å². The van der Waals surface area contributed by atoms with Crippen LogP contribution in [0.1, 0.15) is 44.1 Å². The molecule has 2 fully saturated rings. The molecule has 1 aromatic carbocycles. The second-order valence-electron chi connectivity index (χ2n) is 8.83. The van der Waals surface area contributed by atoms with Crippen LogP contribution in [0.4, 0.5) is 5.82 Å². The molecule has 0 amide bonds. The highest BCUT2D eigenvalue weighted by Gasteiger charge is 2.26. The molecule has 0 bridgehead atoms. The van der Waals surface area contributed by atoms with E-state index >= 15 is 0 Å². The van der Waals surface area contributed by atoms with Gasteiger partial charge in [0.25, 0.3) is 0 Å². The minimum absolute atomic E-state index is 0.194. The van der Waals surface area contributed by atoms with Crippen LogP contribution in [0.2, 0.25) is 0 Å². The highest BCUT2D eigenvalue weighted by Crippen LogP contribution is 2.43. The number of hydrogen-bond acceptors (Lipinski definition) is 7. The van der Waals surface area contributed by atoms with Crippen LogP contribution >= 0.6 is 0 Å². The van der Waals surface area contributed by atoms with Gasteiger partial charge < -0.3 is 19.7 Å². The van der Waals surface area contributed by atoms with E-state index in [1.807, 2.05) is 25.3 Å². The molecule has 2 aliphatic rings. The van der Waals surface area contributed by atoms with Gasteiger partial charge in [-0.2, -0.15) is 0 Å². The van der Waals surface area contributed by atoms with Crippen molar-refractivity contribution in [1.82, 2.24) is 20.1 Å². The zero-order chi connectivity index (χ0) is 21.9. The predicted octanol–water partition coefficient (Wildman–Crippen LogP) is 4.45. The molecule has 1 saturated heterocycles.